The molecule has 2 N–H and O–H groups in total. The second-order valence-corrected chi connectivity index (χ2v) is 6.20. The van der Waals surface area contributed by atoms with Crippen molar-refractivity contribution in [3.63, 3.8) is 0 Å². The van der Waals surface area contributed by atoms with Gasteiger partial charge in [0, 0.05) is 6.04 Å². The third-order valence-corrected chi connectivity index (χ3v) is 3.96. The molecule has 1 unspecified atom stereocenters. The van der Waals surface area contributed by atoms with Crippen LogP contribution in [0.3, 0.4) is 0 Å². The van der Waals surface area contributed by atoms with Crippen molar-refractivity contribution < 1.29 is 18.3 Å². The molecule has 17 heavy (non-hydrogen) atoms. The van der Waals surface area contributed by atoms with Crippen LogP contribution in [-0.2, 0) is 14.8 Å². The van der Waals surface area contributed by atoms with E-state index in [4.69, 9.17) is 5.11 Å². The molecule has 0 aliphatic carbocycles. The van der Waals surface area contributed by atoms with Crippen LogP contribution in [0.15, 0.2) is 0 Å². The summed E-state index contributed by atoms with van der Waals surface area (Å²) >= 11 is 0. The fourth-order valence-electron chi connectivity index (χ4n) is 1.52. The lowest BCUT2D eigenvalue weighted by Crippen LogP contribution is -2.34. The van der Waals surface area contributed by atoms with Gasteiger partial charge >= 0.3 is 5.97 Å². The largest absolute Gasteiger partial charge is 0.481 e. The molecule has 6 heteroatoms. The van der Waals surface area contributed by atoms with Crippen molar-refractivity contribution in [2.75, 3.05) is 5.75 Å². The fourth-order valence-corrected chi connectivity index (χ4v) is 2.82. The molecule has 0 rings (SSSR count). The Morgan fingerprint density at radius 3 is 2.47 bits per heavy atom. The van der Waals surface area contributed by atoms with Crippen LogP contribution >= 0.6 is 0 Å². The van der Waals surface area contributed by atoms with Crippen LogP contribution in [-0.4, -0.2) is 31.3 Å². The molecule has 0 amide bonds. The van der Waals surface area contributed by atoms with Crippen molar-refractivity contribution in [3.8, 4) is 0 Å². The SMILES string of the molecule is CCCCCCC(C)NS(=O)(=O)CCC(=O)O. The molecule has 0 aromatic carbocycles. The van der Waals surface area contributed by atoms with E-state index in [2.05, 4.69) is 11.6 Å². The second-order valence-electron chi connectivity index (χ2n) is 4.33. The topological polar surface area (TPSA) is 83.5 Å². The zero-order valence-electron chi connectivity index (χ0n) is 10.6. The molecule has 0 spiro atoms. The Morgan fingerprint density at radius 1 is 1.29 bits per heavy atom. The number of carbonyl (C=O) groups is 1. The predicted octanol–water partition coefficient (Wildman–Crippen LogP) is 1.74. The molecule has 0 heterocycles. The summed E-state index contributed by atoms with van der Waals surface area (Å²) in [5, 5.41) is 8.42. The standard InChI is InChI=1S/C11H23NO4S/c1-3-4-5-6-7-10(2)12-17(15,16)9-8-11(13)14/h10,12H,3-9H2,1-2H3,(H,13,14). The van der Waals surface area contributed by atoms with Gasteiger partial charge in [0.05, 0.1) is 12.2 Å². The minimum Gasteiger partial charge on any atom is -0.481 e. The third-order valence-electron chi connectivity index (χ3n) is 2.46. The maximum absolute atomic E-state index is 11.5. The minimum atomic E-state index is -3.45. The summed E-state index contributed by atoms with van der Waals surface area (Å²) in [5.41, 5.74) is 0. The van der Waals surface area contributed by atoms with Gasteiger partial charge in [0.2, 0.25) is 10.0 Å². The van der Waals surface area contributed by atoms with Crippen LogP contribution in [0.1, 0.15) is 52.4 Å². The number of sulfonamides is 1. The highest BCUT2D eigenvalue weighted by Crippen LogP contribution is 2.06. The quantitative estimate of drug-likeness (QED) is 0.589. The van der Waals surface area contributed by atoms with E-state index < -0.39 is 16.0 Å². The zero-order valence-corrected chi connectivity index (χ0v) is 11.4. The van der Waals surface area contributed by atoms with Crippen molar-refractivity contribution in [3.05, 3.63) is 0 Å². The van der Waals surface area contributed by atoms with Crippen LogP contribution in [0.2, 0.25) is 0 Å². The van der Waals surface area contributed by atoms with Crippen LogP contribution in [0, 0.1) is 0 Å². The van der Waals surface area contributed by atoms with Crippen LogP contribution < -0.4 is 4.72 Å². The summed E-state index contributed by atoms with van der Waals surface area (Å²) in [4.78, 5) is 10.3. The molecule has 0 fully saturated rings. The first-order valence-corrected chi connectivity index (χ1v) is 7.74. The Bertz CT molecular complexity index is 313. The van der Waals surface area contributed by atoms with Crippen molar-refractivity contribution in [1.82, 2.24) is 4.72 Å². The van der Waals surface area contributed by atoms with Gasteiger partial charge in [-0.1, -0.05) is 32.6 Å². The van der Waals surface area contributed by atoms with Gasteiger partial charge in [-0.15, -0.1) is 0 Å². The van der Waals surface area contributed by atoms with Crippen molar-refractivity contribution >= 4 is 16.0 Å². The van der Waals surface area contributed by atoms with Gasteiger partial charge in [-0.25, -0.2) is 13.1 Å². The monoisotopic (exact) mass is 265 g/mol. The highest BCUT2D eigenvalue weighted by molar-refractivity contribution is 7.89. The number of carboxylic acid groups (broad SMARTS) is 1. The van der Waals surface area contributed by atoms with Gasteiger partial charge in [-0.2, -0.15) is 0 Å². The first-order chi connectivity index (χ1) is 7.87. The van der Waals surface area contributed by atoms with Crippen molar-refractivity contribution in [1.29, 1.82) is 0 Å². The molecule has 0 aromatic rings. The molecule has 1 atom stereocenters. The number of unbranched alkanes of at least 4 members (excludes halogenated alkanes) is 3. The smallest absolute Gasteiger partial charge is 0.304 e. The lowest BCUT2D eigenvalue weighted by molar-refractivity contribution is -0.136. The highest BCUT2D eigenvalue weighted by Gasteiger charge is 2.15. The van der Waals surface area contributed by atoms with Gasteiger partial charge in [0.1, 0.15) is 0 Å². The minimum absolute atomic E-state index is 0.120. The number of rotatable bonds is 10. The lowest BCUT2D eigenvalue weighted by Gasteiger charge is -2.13. The van der Waals surface area contributed by atoms with Crippen molar-refractivity contribution in [2.45, 2.75) is 58.4 Å². The van der Waals surface area contributed by atoms with Gasteiger partial charge in [-0.05, 0) is 13.3 Å². The Kier molecular flexibility index (Phi) is 8.16. The molecule has 0 aliphatic rings. The van der Waals surface area contributed by atoms with Crippen LogP contribution in [0.4, 0.5) is 0 Å². The summed E-state index contributed by atoms with van der Waals surface area (Å²) in [6.07, 6.45) is 4.87. The van der Waals surface area contributed by atoms with E-state index in [-0.39, 0.29) is 18.2 Å². The molecule has 0 radical (unpaired) electrons. The molecule has 0 saturated heterocycles. The van der Waals surface area contributed by atoms with E-state index in [1.807, 2.05) is 6.92 Å². The zero-order chi connectivity index (χ0) is 13.3. The summed E-state index contributed by atoms with van der Waals surface area (Å²) in [7, 11) is -3.45. The van der Waals surface area contributed by atoms with Gasteiger partial charge < -0.3 is 5.11 Å². The maximum Gasteiger partial charge on any atom is 0.304 e. The first-order valence-electron chi connectivity index (χ1n) is 6.09. The Morgan fingerprint density at radius 2 is 1.94 bits per heavy atom. The number of nitrogens with one attached hydrogen (secondary N) is 1. The van der Waals surface area contributed by atoms with E-state index in [9.17, 15) is 13.2 Å². The Labute approximate surface area is 104 Å². The second kappa shape index (κ2) is 8.47. The van der Waals surface area contributed by atoms with E-state index >= 15 is 0 Å². The van der Waals surface area contributed by atoms with E-state index in [0.29, 0.717) is 0 Å². The Balaban J connectivity index is 3.84. The first kappa shape index (κ1) is 16.4. The summed E-state index contributed by atoms with van der Waals surface area (Å²) in [6, 6.07) is -0.120. The molecule has 0 saturated carbocycles. The lowest BCUT2D eigenvalue weighted by atomic mass is 10.1. The van der Waals surface area contributed by atoms with Gasteiger partial charge in [0.15, 0.2) is 0 Å². The molecule has 0 aromatic heterocycles. The predicted molar refractivity (Wildman–Crippen MR) is 67.4 cm³/mol. The molecule has 5 nitrogen and oxygen atoms in total. The molecular formula is C11H23NO4S. The molecule has 0 bridgehead atoms. The van der Waals surface area contributed by atoms with Gasteiger partial charge in [0.25, 0.3) is 0 Å². The average molecular weight is 265 g/mol. The Hall–Kier alpha value is -0.620. The third kappa shape index (κ3) is 10.3. The maximum atomic E-state index is 11.5. The van der Waals surface area contributed by atoms with Crippen LogP contribution in [0.5, 0.6) is 0 Å². The normalized spacial score (nSPS) is 13.5. The molecular weight excluding hydrogens is 242 g/mol. The number of hydrogen-bond donors (Lipinski definition) is 2. The van der Waals surface area contributed by atoms with Gasteiger partial charge in [-0.3, -0.25) is 4.79 Å². The highest BCUT2D eigenvalue weighted by atomic mass is 32.2. The van der Waals surface area contributed by atoms with Crippen LogP contribution in [0.25, 0.3) is 0 Å². The number of aliphatic carboxylic acids is 1. The molecule has 102 valence electrons. The summed E-state index contributed by atoms with van der Waals surface area (Å²) in [6.45, 7) is 3.93. The fraction of sp³-hybridized carbons (Fsp3) is 0.909. The van der Waals surface area contributed by atoms with E-state index in [1.165, 1.54) is 6.42 Å². The average Bonchev–Trinajstić information content (AvgIpc) is 2.21. The summed E-state index contributed by atoms with van der Waals surface area (Å²) < 4.78 is 25.4. The summed E-state index contributed by atoms with van der Waals surface area (Å²) in [5.74, 6) is -1.44. The molecule has 0 aliphatic heterocycles. The number of carboxylic acids is 1. The van der Waals surface area contributed by atoms with E-state index in [1.54, 1.807) is 0 Å². The van der Waals surface area contributed by atoms with E-state index in [0.717, 1.165) is 25.7 Å². The number of hydrogen-bond acceptors (Lipinski definition) is 3. The van der Waals surface area contributed by atoms with Crippen molar-refractivity contribution in [2.24, 2.45) is 0 Å².